The number of nitrogens with one attached hydrogen (secondary N) is 1. The van der Waals surface area contributed by atoms with E-state index in [-0.39, 0.29) is 16.9 Å². The monoisotopic (exact) mass is 313 g/mol. The summed E-state index contributed by atoms with van der Waals surface area (Å²) in [5.74, 6) is 0.0406. The summed E-state index contributed by atoms with van der Waals surface area (Å²) in [6, 6.07) is 4.85. The van der Waals surface area contributed by atoms with Crippen LogP contribution in [0.5, 0.6) is 0 Å². The molecule has 6 heteroatoms. The Balaban J connectivity index is 2.93. The average molecular weight is 314 g/mol. The third-order valence-corrected chi connectivity index (χ3v) is 3.52. The fraction of sp³-hybridized carbons (Fsp3) is 0.429. The lowest BCUT2D eigenvalue weighted by Crippen LogP contribution is -2.41. The molecular formula is C14H20ClN3OS. The first kappa shape index (κ1) is 16.7. The second-order valence-corrected chi connectivity index (χ2v) is 5.31. The number of hydrogen-bond donors (Lipinski definition) is 2. The zero-order valence-corrected chi connectivity index (χ0v) is 13.5. The highest BCUT2D eigenvalue weighted by molar-refractivity contribution is 7.80. The summed E-state index contributed by atoms with van der Waals surface area (Å²) >= 11 is 10.9. The first-order valence-corrected chi connectivity index (χ1v) is 7.34. The van der Waals surface area contributed by atoms with Gasteiger partial charge in [0.2, 0.25) is 5.91 Å². The SMILES string of the molecule is CCN(CC)C(=O)C(C)Nc1ccc(Cl)cc1C(N)=S. The van der Waals surface area contributed by atoms with E-state index in [0.717, 1.165) is 5.69 Å². The molecule has 0 aromatic heterocycles. The van der Waals surface area contributed by atoms with Crippen molar-refractivity contribution >= 4 is 40.4 Å². The van der Waals surface area contributed by atoms with Crippen molar-refractivity contribution in [3.63, 3.8) is 0 Å². The van der Waals surface area contributed by atoms with Gasteiger partial charge < -0.3 is 16.0 Å². The molecule has 0 saturated carbocycles. The molecule has 0 bridgehead atoms. The number of amides is 1. The highest BCUT2D eigenvalue weighted by Gasteiger charge is 2.19. The lowest BCUT2D eigenvalue weighted by Gasteiger charge is -2.24. The van der Waals surface area contributed by atoms with Crippen molar-refractivity contribution in [1.29, 1.82) is 0 Å². The van der Waals surface area contributed by atoms with Gasteiger partial charge >= 0.3 is 0 Å². The maximum Gasteiger partial charge on any atom is 0.244 e. The second-order valence-electron chi connectivity index (χ2n) is 4.43. The van der Waals surface area contributed by atoms with Crippen molar-refractivity contribution < 1.29 is 4.79 Å². The first-order valence-electron chi connectivity index (χ1n) is 6.55. The van der Waals surface area contributed by atoms with Gasteiger partial charge in [0, 0.05) is 29.4 Å². The van der Waals surface area contributed by atoms with Crippen molar-refractivity contribution in [3.05, 3.63) is 28.8 Å². The van der Waals surface area contributed by atoms with E-state index < -0.39 is 0 Å². The van der Waals surface area contributed by atoms with Gasteiger partial charge in [0.1, 0.15) is 11.0 Å². The number of likely N-dealkylation sites (N-methyl/N-ethyl adjacent to an activating group) is 1. The van der Waals surface area contributed by atoms with Gasteiger partial charge in [0.05, 0.1) is 0 Å². The molecule has 4 nitrogen and oxygen atoms in total. The maximum absolute atomic E-state index is 12.2. The molecule has 0 radical (unpaired) electrons. The first-order chi connectivity index (χ1) is 9.40. The topological polar surface area (TPSA) is 58.4 Å². The quantitative estimate of drug-likeness (QED) is 0.793. The third kappa shape index (κ3) is 4.08. The summed E-state index contributed by atoms with van der Waals surface area (Å²) < 4.78 is 0. The molecule has 20 heavy (non-hydrogen) atoms. The highest BCUT2D eigenvalue weighted by atomic mass is 35.5. The van der Waals surface area contributed by atoms with E-state index in [2.05, 4.69) is 5.32 Å². The Bertz CT molecular complexity index is 503. The molecule has 110 valence electrons. The van der Waals surface area contributed by atoms with E-state index in [1.54, 1.807) is 23.1 Å². The molecule has 0 saturated heterocycles. The van der Waals surface area contributed by atoms with Crippen LogP contribution in [0.25, 0.3) is 0 Å². The fourth-order valence-corrected chi connectivity index (χ4v) is 2.29. The molecule has 0 heterocycles. The Kier molecular flexibility index (Phi) is 6.23. The molecule has 0 spiro atoms. The fourth-order valence-electron chi connectivity index (χ4n) is 1.95. The Labute approximate surface area is 130 Å². The van der Waals surface area contributed by atoms with E-state index in [9.17, 15) is 4.79 Å². The van der Waals surface area contributed by atoms with Gasteiger partial charge in [-0.1, -0.05) is 23.8 Å². The van der Waals surface area contributed by atoms with Gasteiger partial charge in [-0.15, -0.1) is 0 Å². The van der Waals surface area contributed by atoms with Gasteiger partial charge in [0.25, 0.3) is 0 Å². The lowest BCUT2D eigenvalue weighted by molar-refractivity contribution is -0.131. The van der Waals surface area contributed by atoms with Crippen molar-refractivity contribution in [2.45, 2.75) is 26.8 Å². The summed E-state index contributed by atoms with van der Waals surface area (Å²) in [7, 11) is 0. The molecule has 1 aromatic rings. The molecule has 1 atom stereocenters. The van der Waals surface area contributed by atoms with Crippen LogP contribution in [0.2, 0.25) is 5.02 Å². The van der Waals surface area contributed by atoms with Gasteiger partial charge in [-0.3, -0.25) is 4.79 Å². The summed E-state index contributed by atoms with van der Waals surface area (Å²) in [4.78, 5) is 14.3. The number of carbonyl (C=O) groups is 1. The van der Waals surface area contributed by atoms with Crippen LogP contribution in [0.15, 0.2) is 18.2 Å². The minimum absolute atomic E-state index is 0.0406. The summed E-state index contributed by atoms with van der Waals surface area (Å²) in [5.41, 5.74) is 7.05. The minimum Gasteiger partial charge on any atom is -0.389 e. The standard InChI is InChI=1S/C14H20ClN3OS/c1-4-18(5-2)14(19)9(3)17-12-7-6-10(15)8-11(12)13(16)20/h6-9,17H,4-5H2,1-3H3,(H2,16,20). The number of benzene rings is 1. The van der Waals surface area contributed by atoms with E-state index in [0.29, 0.717) is 23.7 Å². The van der Waals surface area contributed by atoms with E-state index in [4.69, 9.17) is 29.6 Å². The summed E-state index contributed by atoms with van der Waals surface area (Å²) in [6.45, 7) is 7.10. The van der Waals surface area contributed by atoms with Crippen molar-refractivity contribution in [3.8, 4) is 0 Å². The average Bonchev–Trinajstić information content (AvgIpc) is 2.41. The van der Waals surface area contributed by atoms with Gasteiger partial charge in [0.15, 0.2) is 0 Å². The highest BCUT2D eigenvalue weighted by Crippen LogP contribution is 2.21. The minimum atomic E-state index is -0.357. The number of anilines is 1. The molecule has 0 aliphatic rings. The Morgan fingerprint density at radius 2 is 2.05 bits per heavy atom. The molecule has 0 aliphatic heterocycles. The van der Waals surface area contributed by atoms with Crippen molar-refractivity contribution in [1.82, 2.24) is 4.90 Å². The number of rotatable bonds is 6. The Morgan fingerprint density at radius 3 is 2.55 bits per heavy atom. The van der Waals surface area contributed by atoms with Crippen LogP contribution in [0.1, 0.15) is 26.3 Å². The van der Waals surface area contributed by atoms with Crippen LogP contribution < -0.4 is 11.1 Å². The normalized spacial score (nSPS) is 11.8. The molecule has 1 amide bonds. The lowest BCUT2D eigenvalue weighted by atomic mass is 10.1. The predicted octanol–water partition coefficient (Wildman–Crippen LogP) is 2.64. The second kappa shape index (κ2) is 7.45. The van der Waals surface area contributed by atoms with Crippen molar-refractivity contribution in [2.75, 3.05) is 18.4 Å². The number of nitrogens with zero attached hydrogens (tertiary/aromatic N) is 1. The molecule has 0 fully saturated rings. The molecule has 1 rings (SSSR count). The van der Waals surface area contributed by atoms with Gasteiger partial charge in [-0.05, 0) is 39.0 Å². The largest absolute Gasteiger partial charge is 0.389 e. The van der Waals surface area contributed by atoms with Crippen LogP contribution in [0.3, 0.4) is 0 Å². The zero-order valence-electron chi connectivity index (χ0n) is 11.9. The van der Waals surface area contributed by atoms with E-state index in [1.807, 2.05) is 20.8 Å². The van der Waals surface area contributed by atoms with E-state index in [1.165, 1.54) is 0 Å². The third-order valence-electron chi connectivity index (χ3n) is 3.06. The van der Waals surface area contributed by atoms with Gasteiger partial charge in [-0.2, -0.15) is 0 Å². The summed E-state index contributed by atoms with van der Waals surface area (Å²) in [5, 5.41) is 3.71. The smallest absolute Gasteiger partial charge is 0.244 e. The Hall–Kier alpha value is -1.33. The van der Waals surface area contributed by atoms with Crippen LogP contribution in [0, 0.1) is 0 Å². The zero-order chi connectivity index (χ0) is 15.3. The molecule has 1 aromatic carbocycles. The van der Waals surface area contributed by atoms with Gasteiger partial charge in [-0.25, -0.2) is 0 Å². The number of nitrogens with two attached hydrogens (primary N) is 1. The van der Waals surface area contributed by atoms with Crippen molar-refractivity contribution in [2.24, 2.45) is 5.73 Å². The van der Waals surface area contributed by atoms with Crippen LogP contribution in [0.4, 0.5) is 5.69 Å². The van der Waals surface area contributed by atoms with E-state index >= 15 is 0 Å². The Morgan fingerprint density at radius 1 is 1.45 bits per heavy atom. The number of halogens is 1. The maximum atomic E-state index is 12.2. The molecule has 0 aliphatic carbocycles. The van der Waals surface area contributed by atoms with Crippen LogP contribution in [-0.4, -0.2) is 34.9 Å². The summed E-state index contributed by atoms with van der Waals surface area (Å²) in [6.07, 6.45) is 0. The van der Waals surface area contributed by atoms with Crippen LogP contribution in [-0.2, 0) is 4.79 Å². The predicted molar refractivity (Wildman–Crippen MR) is 88.4 cm³/mol. The number of thiocarbonyl (C=S) groups is 1. The molecule has 1 unspecified atom stereocenters. The number of hydrogen-bond acceptors (Lipinski definition) is 3. The molecule has 3 N–H and O–H groups in total. The van der Waals surface area contributed by atoms with Crippen LogP contribution >= 0.6 is 23.8 Å². The molecular weight excluding hydrogens is 294 g/mol. The number of carbonyl (C=O) groups excluding carboxylic acids is 1.